The zero-order chi connectivity index (χ0) is 11.4. The number of nitrogens with zero attached hydrogens (tertiary/aromatic N) is 3. The Morgan fingerprint density at radius 2 is 2.25 bits per heavy atom. The normalized spacial score (nSPS) is 17.0. The van der Waals surface area contributed by atoms with Gasteiger partial charge in [-0.3, -0.25) is 0 Å². The predicted octanol–water partition coefficient (Wildman–Crippen LogP) is 1.77. The number of anilines is 2. The minimum absolute atomic E-state index is 0.706. The van der Waals surface area contributed by atoms with Crippen molar-refractivity contribution in [2.24, 2.45) is 0 Å². The van der Waals surface area contributed by atoms with Crippen LogP contribution >= 0.6 is 11.8 Å². The number of hydrogen-bond acceptors (Lipinski definition) is 5. The maximum Gasteiger partial charge on any atom is 0.224 e. The molecule has 4 nitrogen and oxygen atoms in total. The highest BCUT2D eigenvalue weighted by molar-refractivity contribution is 7.99. The van der Waals surface area contributed by atoms with Crippen molar-refractivity contribution in [3.63, 3.8) is 0 Å². The molecule has 5 heteroatoms. The Morgan fingerprint density at radius 3 is 3.06 bits per heavy atom. The van der Waals surface area contributed by atoms with Gasteiger partial charge in [0.2, 0.25) is 5.95 Å². The minimum atomic E-state index is 0.706. The highest BCUT2D eigenvalue weighted by atomic mass is 32.2. The zero-order valence-electron chi connectivity index (χ0n) is 9.86. The van der Waals surface area contributed by atoms with Crippen LogP contribution in [0.25, 0.3) is 0 Å². The molecule has 1 saturated heterocycles. The van der Waals surface area contributed by atoms with Gasteiger partial charge in [-0.25, -0.2) is 4.98 Å². The minimum Gasteiger partial charge on any atom is -0.357 e. The third-order valence-corrected chi connectivity index (χ3v) is 3.74. The van der Waals surface area contributed by atoms with E-state index in [9.17, 15) is 0 Å². The van der Waals surface area contributed by atoms with Crippen molar-refractivity contribution in [3.05, 3.63) is 11.8 Å². The van der Waals surface area contributed by atoms with Gasteiger partial charge < -0.3 is 10.2 Å². The molecule has 0 unspecified atom stereocenters. The summed E-state index contributed by atoms with van der Waals surface area (Å²) in [7, 11) is 1.85. The summed E-state index contributed by atoms with van der Waals surface area (Å²) < 4.78 is 0. The Kier molecular flexibility index (Phi) is 3.88. The summed E-state index contributed by atoms with van der Waals surface area (Å²) in [6.45, 7) is 4.27. The molecular formula is C11H18N4S. The van der Waals surface area contributed by atoms with E-state index < -0.39 is 0 Å². The van der Waals surface area contributed by atoms with Crippen molar-refractivity contribution in [2.75, 3.05) is 41.9 Å². The first-order valence-corrected chi connectivity index (χ1v) is 6.81. The Balaban J connectivity index is 2.22. The smallest absolute Gasteiger partial charge is 0.224 e. The summed E-state index contributed by atoms with van der Waals surface area (Å²) in [6.07, 6.45) is 3.13. The van der Waals surface area contributed by atoms with Gasteiger partial charge >= 0.3 is 0 Å². The second kappa shape index (κ2) is 5.39. The summed E-state index contributed by atoms with van der Waals surface area (Å²) in [5.74, 6) is 4.25. The third kappa shape index (κ3) is 2.58. The van der Waals surface area contributed by atoms with Gasteiger partial charge in [0.15, 0.2) is 0 Å². The molecule has 1 N–H and O–H groups in total. The first kappa shape index (κ1) is 11.5. The van der Waals surface area contributed by atoms with E-state index in [1.807, 2.05) is 25.0 Å². The summed E-state index contributed by atoms with van der Waals surface area (Å²) >= 11 is 2.03. The van der Waals surface area contributed by atoms with E-state index in [1.54, 1.807) is 0 Å². The molecule has 0 spiro atoms. The van der Waals surface area contributed by atoms with Crippen molar-refractivity contribution in [2.45, 2.75) is 13.3 Å². The zero-order valence-corrected chi connectivity index (χ0v) is 10.7. The number of nitrogens with one attached hydrogen (secondary N) is 1. The van der Waals surface area contributed by atoms with Crippen LogP contribution in [0, 0.1) is 6.92 Å². The standard InChI is InChI=1S/C11H18N4S/c1-9-8-13-11(12-2)14-10(9)15-4-3-6-16-7-5-15/h8H,3-7H2,1-2H3,(H,12,13,14). The molecule has 0 atom stereocenters. The lowest BCUT2D eigenvalue weighted by molar-refractivity contribution is 0.794. The summed E-state index contributed by atoms with van der Waals surface area (Å²) in [4.78, 5) is 11.1. The van der Waals surface area contributed by atoms with Gasteiger partial charge in [-0.05, 0) is 19.1 Å². The molecule has 0 bridgehead atoms. The van der Waals surface area contributed by atoms with Crippen LogP contribution in [0.3, 0.4) is 0 Å². The highest BCUT2D eigenvalue weighted by Gasteiger charge is 2.14. The second-order valence-electron chi connectivity index (χ2n) is 3.90. The Bertz CT molecular complexity index is 348. The van der Waals surface area contributed by atoms with Crippen LogP contribution in [0.4, 0.5) is 11.8 Å². The molecule has 1 fully saturated rings. The topological polar surface area (TPSA) is 41.1 Å². The van der Waals surface area contributed by atoms with Crippen LogP contribution in [0.5, 0.6) is 0 Å². The third-order valence-electron chi connectivity index (χ3n) is 2.69. The Labute approximate surface area is 101 Å². The molecule has 0 saturated carbocycles. The van der Waals surface area contributed by atoms with Crippen LogP contribution in [-0.4, -0.2) is 41.6 Å². The monoisotopic (exact) mass is 238 g/mol. The van der Waals surface area contributed by atoms with Crippen molar-refractivity contribution in [3.8, 4) is 0 Å². The van der Waals surface area contributed by atoms with E-state index in [0.717, 1.165) is 24.5 Å². The highest BCUT2D eigenvalue weighted by Crippen LogP contribution is 2.21. The lowest BCUT2D eigenvalue weighted by Gasteiger charge is -2.23. The average Bonchev–Trinajstić information content (AvgIpc) is 2.58. The SMILES string of the molecule is CNc1ncc(C)c(N2CCCSCC2)n1. The van der Waals surface area contributed by atoms with Crippen molar-refractivity contribution in [1.82, 2.24) is 9.97 Å². The van der Waals surface area contributed by atoms with E-state index in [0.29, 0.717) is 5.95 Å². The quantitative estimate of drug-likeness (QED) is 0.850. The van der Waals surface area contributed by atoms with E-state index in [4.69, 9.17) is 0 Å². The Morgan fingerprint density at radius 1 is 1.38 bits per heavy atom. The molecule has 1 aliphatic heterocycles. The van der Waals surface area contributed by atoms with Crippen LogP contribution in [0.2, 0.25) is 0 Å². The number of thioether (sulfide) groups is 1. The van der Waals surface area contributed by atoms with Crippen molar-refractivity contribution < 1.29 is 0 Å². The predicted molar refractivity (Wildman–Crippen MR) is 70.5 cm³/mol. The molecule has 1 aliphatic rings. The van der Waals surface area contributed by atoms with Gasteiger partial charge in [-0.2, -0.15) is 16.7 Å². The van der Waals surface area contributed by atoms with Gasteiger partial charge in [-0.15, -0.1) is 0 Å². The van der Waals surface area contributed by atoms with E-state index >= 15 is 0 Å². The fourth-order valence-corrected chi connectivity index (χ4v) is 2.72. The molecule has 1 aromatic heterocycles. The summed E-state index contributed by atoms with van der Waals surface area (Å²) in [5.41, 5.74) is 1.16. The molecule has 0 radical (unpaired) electrons. The molecule has 2 rings (SSSR count). The van der Waals surface area contributed by atoms with Crippen LogP contribution < -0.4 is 10.2 Å². The average molecular weight is 238 g/mol. The fourth-order valence-electron chi connectivity index (χ4n) is 1.83. The van der Waals surface area contributed by atoms with Gasteiger partial charge in [0.05, 0.1) is 0 Å². The maximum atomic E-state index is 4.55. The van der Waals surface area contributed by atoms with E-state index in [1.165, 1.54) is 17.9 Å². The molecule has 88 valence electrons. The van der Waals surface area contributed by atoms with Gasteiger partial charge in [0.25, 0.3) is 0 Å². The molecule has 0 aliphatic carbocycles. The fraction of sp³-hybridized carbons (Fsp3) is 0.636. The number of rotatable bonds is 2. The number of hydrogen-bond donors (Lipinski definition) is 1. The first-order chi connectivity index (χ1) is 7.81. The van der Waals surface area contributed by atoms with Crippen molar-refractivity contribution in [1.29, 1.82) is 0 Å². The van der Waals surface area contributed by atoms with Crippen LogP contribution in [0.1, 0.15) is 12.0 Å². The summed E-state index contributed by atoms with van der Waals surface area (Å²) in [6, 6.07) is 0. The first-order valence-electron chi connectivity index (χ1n) is 5.65. The lowest BCUT2D eigenvalue weighted by atomic mass is 10.3. The lowest BCUT2D eigenvalue weighted by Crippen LogP contribution is -2.27. The van der Waals surface area contributed by atoms with Gasteiger partial charge in [-0.1, -0.05) is 0 Å². The maximum absolute atomic E-state index is 4.55. The van der Waals surface area contributed by atoms with Crippen LogP contribution in [-0.2, 0) is 0 Å². The molecule has 16 heavy (non-hydrogen) atoms. The molecule has 0 amide bonds. The number of aryl methyl sites for hydroxylation is 1. The molecular weight excluding hydrogens is 220 g/mol. The molecule has 1 aromatic rings. The van der Waals surface area contributed by atoms with Crippen molar-refractivity contribution >= 4 is 23.5 Å². The van der Waals surface area contributed by atoms with Gasteiger partial charge in [0, 0.05) is 37.7 Å². The second-order valence-corrected chi connectivity index (χ2v) is 5.13. The van der Waals surface area contributed by atoms with Crippen LogP contribution in [0.15, 0.2) is 6.20 Å². The summed E-state index contributed by atoms with van der Waals surface area (Å²) in [5, 5.41) is 3.00. The molecule has 0 aromatic carbocycles. The van der Waals surface area contributed by atoms with Gasteiger partial charge in [0.1, 0.15) is 5.82 Å². The number of aromatic nitrogens is 2. The molecule has 2 heterocycles. The Hall–Kier alpha value is -0.970. The van der Waals surface area contributed by atoms with E-state index in [2.05, 4.69) is 27.1 Å². The van der Waals surface area contributed by atoms with E-state index in [-0.39, 0.29) is 0 Å². The largest absolute Gasteiger partial charge is 0.357 e.